The van der Waals surface area contributed by atoms with Gasteiger partial charge in [-0.2, -0.15) is 0 Å². The minimum absolute atomic E-state index is 0.319. The molecule has 1 aromatic rings. The molecule has 4 saturated carbocycles. The van der Waals surface area contributed by atoms with Gasteiger partial charge in [0.25, 0.3) is 0 Å². The van der Waals surface area contributed by atoms with Gasteiger partial charge in [-0.3, -0.25) is 4.98 Å². The van der Waals surface area contributed by atoms with E-state index in [4.69, 9.17) is 0 Å². The molecule has 2 heteroatoms. The van der Waals surface area contributed by atoms with E-state index in [0.717, 1.165) is 29.7 Å². The van der Waals surface area contributed by atoms with Crippen molar-refractivity contribution in [1.82, 2.24) is 4.98 Å². The van der Waals surface area contributed by atoms with Gasteiger partial charge < -0.3 is 5.11 Å². The Labute approximate surface area is 121 Å². The SMILES string of the molecule is Cc1ccncc1C(O)CC12CC3CC(CC(C3)C1)C2. The number of aryl methyl sites for hydroxylation is 1. The highest BCUT2D eigenvalue weighted by Gasteiger charge is 2.51. The molecule has 1 atom stereocenters. The van der Waals surface area contributed by atoms with Crippen LogP contribution in [0.2, 0.25) is 0 Å². The van der Waals surface area contributed by atoms with Crippen molar-refractivity contribution >= 4 is 0 Å². The second-order valence-corrected chi connectivity index (χ2v) is 7.87. The molecule has 4 aliphatic carbocycles. The summed E-state index contributed by atoms with van der Waals surface area (Å²) in [5, 5.41) is 10.7. The van der Waals surface area contributed by atoms with Crippen molar-refractivity contribution in [3.05, 3.63) is 29.6 Å². The van der Waals surface area contributed by atoms with E-state index in [2.05, 4.69) is 11.9 Å². The number of pyridine rings is 1. The van der Waals surface area contributed by atoms with Crippen LogP contribution in [0.1, 0.15) is 62.2 Å². The summed E-state index contributed by atoms with van der Waals surface area (Å²) in [4.78, 5) is 4.20. The molecular weight excluding hydrogens is 246 g/mol. The molecule has 20 heavy (non-hydrogen) atoms. The number of hydrogen-bond donors (Lipinski definition) is 1. The van der Waals surface area contributed by atoms with Crippen LogP contribution in [0, 0.1) is 30.1 Å². The zero-order chi connectivity index (χ0) is 13.7. The molecule has 1 N–H and O–H groups in total. The lowest BCUT2D eigenvalue weighted by Gasteiger charge is -2.57. The van der Waals surface area contributed by atoms with Gasteiger partial charge in [0.2, 0.25) is 0 Å². The molecule has 108 valence electrons. The largest absolute Gasteiger partial charge is 0.388 e. The van der Waals surface area contributed by atoms with Gasteiger partial charge >= 0.3 is 0 Å². The van der Waals surface area contributed by atoms with Crippen molar-refractivity contribution in [3.63, 3.8) is 0 Å². The zero-order valence-corrected chi connectivity index (χ0v) is 12.4. The summed E-state index contributed by atoms with van der Waals surface area (Å²) in [6, 6.07) is 2.01. The van der Waals surface area contributed by atoms with Crippen LogP contribution in [0.25, 0.3) is 0 Å². The molecule has 0 aromatic carbocycles. The second kappa shape index (κ2) is 4.56. The van der Waals surface area contributed by atoms with E-state index in [0.29, 0.717) is 5.41 Å². The van der Waals surface area contributed by atoms with Crippen LogP contribution < -0.4 is 0 Å². The average Bonchev–Trinajstić information content (AvgIpc) is 2.36. The van der Waals surface area contributed by atoms with E-state index in [1.807, 2.05) is 18.5 Å². The van der Waals surface area contributed by atoms with E-state index >= 15 is 0 Å². The highest BCUT2D eigenvalue weighted by molar-refractivity contribution is 5.24. The van der Waals surface area contributed by atoms with Gasteiger partial charge in [0, 0.05) is 18.0 Å². The molecule has 0 spiro atoms. The summed E-state index contributed by atoms with van der Waals surface area (Å²) in [5.74, 6) is 2.88. The Morgan fingerprint density at radius 2 is 1.80 bits per heavy atom. The highest BCUT2D eigenvalue weighted by Crippen LogP contribution is 2.62. The summed E-state index contributed by atoms with van der Waals surface area (Å²) >= 11 is 0. The fourth-order valence-corrected chi connectivity index (χ4v) is 5.89. The average molecular weight is 271 g/mol. The standard InChI is InChI=1S/C18H25NO/c1-12-2-3-19-11-16(12)17(20)10-18-7-13-4-14(8-18)6-15(5-13)9-18/h2-3,11,13-15,17,20H,4-10H2,1H3. The summed E-state index contributed by atoms with van der Waals surface area (Å²) in [6.45, 7) is 2.08. The van der Waals surface area contributed by atoms with E-state index in [9.17, 15) is 5.11 Å². The normalized spacial score (nSPS) is 40.0. The third-order valence-corrected chi connectivity index (χ3v) is 6.23. The molecule has 1 aromatic heterocycles. The predicted molar refractivity (Wildman–Crippen MR) is 79.2 cm³/mol. The molecule has 0 radical (unpaired) electrons. The van der Waals surface area contributed by atoms with Crippen LogP contribution in [0.4, 0.5) is 0 Å². The summed E-state index contributed by atoms with van der Waals surface area (Å²) in [7, 11) is 0. The lowest BCUT2D eigenvalue weighted by atomic mass is 9.48. The Hall–Kier alpha value is -0.890. The smallest absolute Gasteiger partial charge is 0.0812 e. The first-order valence-corrected chi connectivity index (χ1v) is 8.22. The van der Waals surface area contributed by atoms with Crippen LogP contribution in [-0.4, -0.2) is 10.1 Å². The zero-order valence-electron chi connectivity index (χ0n) is 12.4. The Bertz CT molecular complexity index is 475. The number of hydrogen-bond acceptors (Lipinski definition) is 2. The maximum atomic E-state index is 10.7. The first kappa shape index (κ1) is 12.8. The van der Waals surface area contributed by atoms with Crippen LogP contribution in [0.15, 0.2) is 18.5 Å². The van der Waals surface area contributed by atoms with Crippen LogP contribution >= 0.6 is 0 Å². The number of aliphatic hydroxyl groups excluding tert-OH is 1. The molecule has 4 bridgehead atoms. The van der Waals surface area contributed by atoms with Gasteiger partial charge in [-0.1, -0.05) is 0 Å². The van der Waals surface area contributed by atoms with E-state index in [-0.39, 0.29) is 6.10 Å². The highest BCUT2D eigenvalue weighted by atomic mass is 16.3. The van der Waals surface area contributed by atoms with Gasteiger partial charge in [-0.15, -0.1) is 0 Å². The molecule has 1 heterocycles. The van der Waals surface area contributed by atoms with Gasteiger partial charge in [0.1, 0.15) is 0 Å². The second-order valence-electron chi connectivity index (χ2n) is 7.87. The fourth-order valence-electron chi connectivity index (χ4n) is 5.89. The molecule has 0 amide bonds. The van der Waals surface area contributed by atoms with Crippen molar-refractivity contribution in [3.8, 4) is 0 Å². The minimum Gasteiger partial charge on any atom is -0.388 e. The molecule has 0 saturated heterocycles. The van der Waals surface area contributed by atoms with Crippen molar-refractivity contribution in [2.45, 2.75) is 58.0 Å². The Balaban J connectivity index is 1.55. The Morgan fingerprint density at radius 1 is 1.20 bits per heavy atom. The molecule has 0 aliphatic heterocycles. The van der Waals surface area contributed by atoms with Gasteiger partial charge in [-0.05, 0) is 86.7 Å². The fraction of sp³-hybridized carbons (Fsp3) is 0.722. The van der Waals surface area contributed by atoms with Gasteiger partial charge in [0.15, 0.2) is 0 Å². The molecule has 4 fully saturated rings. The van der Waals surface area contributed by atoms with Crippen LogP contribution in [0.5, 0.6) is 0 Å². The molecular formula is C18H25NO. The van der Waals surface area contributed by atoms with E-state index in [1.165, 1.54) is 44.1 Å². The number of aromatic nitrogens is 1. The quantitative estimate of drug-likeness (QED) is 0.900. The van der Waals surface area contributed by atoms with Crippen LogP contribution in [0.3, 0.4) is 0 Å². The number of aliphatic hydroxyl groups is 1. The third-order valence-electron chi connectivity index (χ3n) is 6.23. The molecule has 5 rings (SSSR count). The van der Waals surface area contributed by atoms with E-state index in [1.54, 1.807) is 0 Å². The lowest BCUT2D eigenvalue weighted by molar-refractivity contribution is -0.0765. The Kier molecular flexibility index (Phi) is 2.92. The van der Waals surface area contributed by atoms with Crippen LogP contribution in [-0.2, 0) is 0 Å². The summed E-state index contributed by atoms with van der Waals surface area (Å²) < 4.78 is 0. The monoisotopic (exact) mass is 271 g/mol. The third kappa shape index (κ3) is 2.09. The topological polar surface area (TPSA) is 33.1 Å². The van der Waals surface area contributed by atoms with Crippen molar-refractivity contribution in [2.75, 3.05) is 0 Å². The Morgan fingerprint density at radius 3 is 2.35 bits per heavy atom. The lowest BCUT2D eigenvalue weighted by Crippen LogP contribution is -2.46. The number of rotatable bonds is 3. The van der Waals surface area contributed by atoms with Crippen molar-refractivity contribution in [1.29, 1.82) is 0 Å². The van der Waals surface area contributed by atoms with Gasteiger partial charge in [0.05, 0.1) is 6.10 Å². The summed E-state index contributed by atoms with van der Waals surface area (Å²) in [5.41, 5.74) is 2.66. The first-order chi connectivity index (χ1) is 9.63. The maximum Gasteiger partial charge on any atom is 0.0812 e. The first-order valence-electron chi connectivity index (χ1n) is 8.22. The molecule has 2 nitrogen and oxygen atoms in total. The molecule has 1 unspecified atom stereocenters. The van der Waals surface area contributed by atoms with E-state index < -0.39 is 0 Å². The van der Waals surface area contributed by atoms with Gasteiger partial charge in [-0.25, -0.2) is 0 Å². The summed E-state index contributed by atoms with van der Waals surface area (Å²) in [6.07, 6.45) is 12.9. The van der Waals surface area contributed by atoms with Crippen molar-refractivity contribution in [2.24, 2.45) is 23.2 Å². The predicted octanol–water partition coefficient (Wildman–Crippen LogP) is 4.03. The molecule has 4 aliphatic rings. The number of nitrogens with zero attached hydrogens (tertiary/aromatic N) is 1. The van der Waals surface area contributed by atoms with Crippen molar-refractivity contribution < 1.29 is 5.11 Å². The maximum absolute atomic E-state index is 10.7. The minimum atomic E-state index is -0.319.